The van der Waals surface area contributed by atoms with Crippen molar-refractivity contribution in [3.8, 4) is 11.6 Å². The second-order valence-corrected chi connectivity index (χ2v) is 7.02. The molecular formula is C18H16N4O2S. The van der Waals surface area contributed by atoms with Gasteiger partial charge in [0, 0.05) is 29.7 Å². The number of rotatable bonds is 5. The number of nitrogens with one attached hydrogen (secondary N) is 1. The van der Waals surface area contributed by atoms with Crippen molar-refractivity contribution in [3.05, 3.63) is 54.4 Å². The molecule has 6 nitrogen and oxygen atoms in total. The molecule has 4 aromatic rings. The molecule has 126 valence electrons. The third-order valence-electron chi connectivity index (χ3n) is 4.08. The first-order valence-electron chi connectivity index (χ1n) is 7.85. The number of nitrogens with zero attached hydrogens (tertiary/aromatic N) is 3. The smallest absolute Gasteiger partial charge is 0.200 e. The number of benzene rings is 1. The normalized spacial score (nSPS) is 12.6. The zero-order valence-electron chi connectivity index (χ0n) is 13.8. The highest BCUT2D eigenvalue weighted by Gasteiger charge is 2.23. The Morgan fingerprint density at radius 3 is 2.88 bits per heavy atom. The number of H-pyrrole nitrogens is 1. The Labute approximate surface area is 148 Å². The molecule has 0 amide bonds. The van der Waals surface area contributed by atoms with E-state index in [2.05, 4.69) is 15.2 Å². The molecule has 0 saturated carbocycles. The highest BCUT2D eigenvalue weighted by molar-refractivity contribution is 8.00. The van der Waals surface area contributed by atoms with Crippen LogP contribution in [-0.2, 0) is 7.05 Å². The molecule has 1 atom stereocenters. The Balaban J connectivity index is 1.58. The largest absolute Gasteiger partial charge is 0.461 e. The number of aromatic amines is 1. The van der Waals surface area contributed by atoms with Crippen LogP contribution in [0.15, 0.2) is 58.4 Å². The number of thioether (sulfide) groups is 1. The quantitative estimate of drug-likeness (QED) is 0.435. The Morgan fingerprint density at radius 1 is 1.24 bits per heavy atom. The average Bonchev–Trinajstić information content (AvgIpc) is 3.35. The predicted octanol–water partition coefficient (Wildman–Crippen LogP) is 3.92. The molecule has 1 unspecified atom stereocenters. The fourth-order valence-corrected chi connectivity index (χ4v) is 3.63. The van der Waals surface area contributed by atoms with Gasteiger partial charge in [-0.25, -0.2) is 0 Å². The minimum atomic E-state index is -0.286. The number of hydrogen-bond acceptors (Lipinski definition) is 5. The number of hydrogen-bond donors (Lipinski definition) is 1. The molecule has 0 saturated heterocycles. The second kappa shape index (κ2) is 6.25. The summed E-state index contributed by atoms with van der Waals surface area (Å²) in [6.07, 6.45) is 3.37. The van der Waals surface area contributed by atoms with Crippen LogP contribution in [0.3, 0.4) is 0 Å². The van der Waals surface area contributed by atoms with Crippen molar-refractivity contribution in [2.24, 2.45) is 7.05 Å². The van der Waals surface area contributed by atoms with Crippen LogP contribution in [0.1, 0.15) is 17.3 Å². The maximum Gasteiger partial charge on any atom is 0.200 e. The lowest BCUT2D eigenvalue weighted by molar-refractivity contribution is 0.0995. The number of para-hydroxylation sites is 1. The van der Waals surface area contributed by atoms with E-state index in [0.717, 1.165) is 10.9 Å². The molecule has 1 N–H and O–H groups in total. The van der Waals surface area contributed by atoms with E-state index >= 15 is 0 Å². The zero-order valence-corrected chi connectivity index (χ0v) is 14.6. The van der Waals surface area contributed by atoms with Gasteiger partial charge in [0.1, 0.15) is 0 Å². The molecule has 0 bridgehead atoms. The molecule has 0 fully saturated rings. The molecule has 3 aromatic heterocycles. The first-order chi connectivity index (χ1) is 12.1. The molecule has 4 rings (SSSR count). The van der Waals surface area contributed by atoms with E-state index in [1.165, 1.54) is 11.8 Å². The third kappa shape index (κ3) is 2.76. The van der Waals surface area contributed by atoms with E-state index in [4.69, 9.17) is 4.42 Å². The Bertz CT molecular complexity index is 1030. The van der Waals surface area contributed by atoms with Gasteiger partial charge < -0.3 is 14.0 Å². The molecule has 0 aliphatic heterocycles. The van der Waals surface area contributed by atoms with Crippen LogP contribution in [0.4, 0.5) is 0 Å². The van der Waals surface area contributed by atoms with Crippen LogP contribution in [0, 0.1) is 0 Å². The number of aromatic nitrogens is 4. The molecule has 7 heteroatoms. The van der Waals surface area contributed by atoms with Crippen molar-refractivity contribution >= 4 is 28.4 Å². The van der Waals surface area contributed by atoms with Gasteiger partial charge >= 0.3 is 0 Å². The van der Waals surface area contributed by atoms with Gasteiger partial charge in [0.05, 0.1) is 11.5 Å². The Kier molecular flexibility index (Phi) is 3.93. The van der Waals surface area contributed by atoms with E-state index < -0.39 is 0 Å². The minimum absolute atomic E-state index is 0.0602. The van der Waals surface area contributed by atoms with Crippen LogP contribution in [-0.4, -0.2) is 30.8 Å². The van der Waals surface area contributed by atoms with Gasteiger partial charge in [0.15, 0.2) is 22.5 Å². The number of ketones is 1. The van der Waals surface area contributed by atoms with Crippen molar-refractivity contribution in [2.75, 3.05) is 0 Å². The molecule has 0 aliphatic carbocycles. The zero-order chi connectivity index (χ0) is 17.4. The van der Waals surface area contributed by atoms with Crippen LogP contribution in [0.25, 0.3) is 22.5 Å². The molecular weight excluding hydrogens is 336 g/mol. The van der Waals surface area contributed by atoms with Gasteiger partial charge in [-0.1, -0.05) is 30.0 Å². The van der Waals surface area contributed by atoms with E-state index in [0.29, 0.717) is 22.3 Å². The summed E-state index contributed by atoms with van der Waals surface area (Å²) in [4.78, 5) is 16.0. The highest BCUT2D eigenvalue weighted by Crippen LogP contribution is 2.29. The lowest BCUT2D eigenvalue weighted by atomic mass is 10.1. The van der Waals surface area contributed by atoms with Gasteiger partial charge in [0.2, 0.25) is 0 Å². The number of fused-ring (bicyclic) bond motifs is 1. The SMILES string of the molecule is CC(Sc1nnc(-c2ccco2)n1C)C(=O)c1c[nH]c2ccccc12. The first kappa shape index (κ1) is 15.7. The fraction of sp³-hybridized carbons (Fsp3) is 0.167. The van der Waals surface area contributed by atoms with Crippen LogP contribution < -0.4 is 0 Å². The van der Waals surface area contributed by atoms with E-state index in [1.54, 1.807) is 18.5 Å². The van der Waals surface area contributed by atoms with Gasteiger partial charge in [-0.3, -0.25) is 4.79 Å². The summed E-state index contributed by atoms with van der Waals surface area (Å²) in [7, 11) is 1.86. The molecule has 3 heterocycles. The van der Waals surface area contributed by atoms with E-state index in [-0.39, 0.29) is 11.0 Å². The summed E-state index contributed by atoms with van der Waals surface area (Å²) in [6, 6.07) is 11.4. The van der Waals surface area contributed by atoms with Crippen molar-refractivity contribution in [3.63, 3.8) is 0 Å². The van der Waals surface area contributed by atoms with Crippen molar-refractivity contribution in [2.45, 2.75) is 17.3 Å². The average molecular weight is 352 g/mol. The highest BCUT2D eigenvalue weighted by atomic mass is 32.2. The van der Waals surface area contributed by atoms with E-state index in [9.17, 15) is 4.79 Å². The first-order valence-corrected chi connectivity index (χ1v) is 8.73. The van der Waals surface area contributed by atoms with Gasteiger partial charge in [-0.15, -0.1) is 10.2 Å². The topological polar surface area (TPSA) is 76.7 Å². The molecule has 0 radical (unpaired) electrons. The molecule has 25 heavy (non-hydrogen) atoms. The van der Waals surface area contributed by atoms with Crippen LogP contribution in [0.5, 0.6) is 0 Å². The van der Waals surface area contributed by atoms with Crippen molar-refractivity contribution in [1.82, 2.24) is 19.7 Å². The fourth-order valence-electron chi connectivity index (χ4n) is 2.74. The Morgan fingerprint density at radius 2 is 2.08 bits per heavy atom. The van der Waals surface area contributed by atoms with E-state index in [1.807, 2.05) is 48.9 Å². The van der Waals surface area contributed by atoms with Crippen LogP contribution >= 0.6 is 11.8 Å². The summed E-state index contributed by atoms with van der Waals surface area (Å²) in [6.45, 7) is 1.88. The summed E-state index contributed by atoms with van der Waals surface area (Å²) < 4.78 is 7.21. The maximum atomic E-state index is 12.9. The molecule has 0 aliphatic rings. The van der Waals surface area contributed by atoms with Gasteiger partial charge in [-0.05, 0) is 25.1 Å². The second-order valence-electron chi connectivity index (χ2n) is 5.71. The molecule has 1 aromatic carbocycles. The summed E-state index contributed by atoms with van der Waals surface area (Å²) >= 11 is 1.39. The summed E-state index contributed by atoms with van der Waals surface area (Å²) in [5.74, 6) is 1.35. The monoisotopic (exact) mass is 352 g/mol. The van der Waals surface area contributed by atoms with Gasteiger partial charge in [0.25, 0.3) is 0 Å². The van der Waals surface area contributed by atoms with Gasteiger partial charge in [-0.2, -0.15) is 0 Å². The van der Waals surface area contributed by atoms with Crippen molar-refractivity contribution in [1.29, 1.82) is 0 Å². The summed E-state index contributed by atoms with van der Waals surface area (Å²) in [5.41, 5.74) is 1.66. The van der Waals surface area contributed by atoms with Crippen molar-refractivity contribution < 1.29 is 9.21 Å². The Hall–Kier alpha value is -2.80. The number of carbonyl (C=O) groups excluding carboxylic acids is 1. The lowest BCUT2D eigenvalue weighted by Crippen LogP contribution is -2.14. The standard InChI is InChI=1S/C18H16N4O2S/c1-11(16(23)13-10-19-14-7-4-3-6-12(13)14)25-18-21-20-17(22(18)2)15-8-5-9-24-15/h3-11,19H,1-2H3. The maximum absolute atomic E-state index is 12.9. The minimum Gasteiger partial charge on any atom is -0.461 e. The predicted molar refractivity (Wildman–Crippen MR) is 96.7 cm³/mol. The van der Waals surface area contributed by atoms with Crippen LogP contribution in [0.2, 0.25) is 0 Å². The third-order valence-corrected chi connectivity index (χ3v) is 5.22. The summed E-state index contributed by atoms with van der Waals surface area (Å²) in [5, 5.41) is 9.68. The molecule has 0 spiro atoms. The number of furan rings is 1. The number of carbonyl (C=O) groups is 1. The number of Topliss-reactive ketones (excluding diaryl/α,β-unsaturated/α-hetero) is 1. The lowest BCUT2D eigenvalue weighted by Gasteiger charge is -2.09.